The van der Waals surface area contributed by atoms with Crippen LogP contribution in [0, 0.1) is 0 Å². The first kappa shape index (κ1) is 14.2. The third-order valence-corrected chi connectivity index (χ3v) is 3.93. The molecule has 0 saturated carbocycles. The Bertz CT molecular complexity index is 850. The van der Waals surface area contributed by atoms with Crippen LogP contribution in [0.1, 0.15) is 16.3 Å². The molecule has 3 rings (SSSR count). The number of aromatic nitrogens is 4. The van der Waals surface area contributed by atoms with E-state index in [1.54, 1.807) is 0 Å². The highest BCUT2D eigenvalue weighted by molar-refractivity contribution is 7.13. The molecular formula is C14H13N5O2S. The predicted octanol–water partition coefficient (Wildman–Crippen LogP) is 1.16. The fourth-order valence-electron chi connectivity index (χ4n) is 1.86. The quantitative estimate of drug-likeness (QED) is 0.755. The zero-order valence-corrected chi connectivity index (χ0v) is 12.6. The van der Waals surface area contributed by atoms with Gasteiger partial charge in [0.15, 0.2) is 0 Å². The summed E-state index contributed by atoms with van der Waals surface area (Å²) in [7, 11) is 1.47. The molecule has 0 unspecified atom stereocenters. The maximum atomic E-state index is 11.9. The molecule has 0 atom stereocenters. The van der Waals surface area contributed by atoms with Gasteiger partial charge in [-0.05, 0) is 0 Å². The first-order chi connectivity index (χ1) is 10.6. The van der Waals surface area contributed by atoms with E-state index in [0.717, 1.165) is 20.9 Å². The van der Waals surface area contributed by atoms with Gasteiger partial charge in [0.25, 0.3) is 5.91 Å². The Hall–Kier alpha value is -2.74. The fraction of sp³-hybridized carbons (Fsp3) is 0.143. The molecule has 112 valence electrons. The van der Waals surface area contributed by atoms with Gasteiger partial charge in [0.05, 0.1) is 12.2 Å². The lowest BCUT2D eigenvalue weighted by Crippen LogP contribution is -2.24. The predicted molar refractivity (Wildman–Crippen MR) is 82.5 cm³/mol. The van der Waals surface area contributed by atoms with E-state index in [1.165, 1.54) is 18.4 Å². The summed E-state index contributed by atoms with van der Waals surface area (Å²) in [5.74, 6) is -0.446. The number of carbonyl (C=O) groups excluding carboxylic acids is 1. The highest BCUT2D eigenvalue weighted by Gasteiger charge is 2.12. The number of amides is 1. The van der Waals surface area contributed by atoms with Crippen molar-refractivity contribution in [3.63, 3.8) is 0 Å². The third-order valence-electron chi connectivity index (χ3n) is 2.99. The van der Waals surface area contributed by atoms with E-state index in [1.807, 2.05) is 35.7 Å². The number of hydrogen-bond donors (Lipinski definition) is 2. The molecule has 1 aromatic carbocycles. The zero-order valence-electron chi connectivity index (χ0n) is 11.7. The van der Waals surface area contributed by atoms with Gasteiger partial charge in [-0.2, -0.15) is 0 Å². The topological polar surface area (TPSA) is 92.7 Å². The summed E-state index contributed by atoms with van der Waals surface area (Å²) >= 11 is 1.52. The van der Waals surface area contributed by atoms with Crippen LogP contribution in [0.25, 0.3) is 10.6 Å². The Morgan fingerprint density at radius 3 is 2.82 bits per heavy atom. The smallest absolute Gasteiger partial charge is 0.343 e. The van der Waals surface area contributed by atoms with Crippen molar-refractivity contribution < 1.29 is 4.79 Å². The zero-order chi connectivity index (χ0) is 15.5. The van der Waals surface area contributed by atoms with Crippen molar-refractivity contribution in [2.45, 2.75) is 6.54 Å². The molecule has 0 spiro atoms. The number of thiazole rings is 1. The fourth-order valence-corrected chi connectivity index (χ4v) is 2.69. The van der Waals surface area contributed by atoms with Crippen molar-refractivity contribution in [1.29, 1.82) is 0 Å². The van der Waals surface area contributed by atoms with E-state index >= 15 is 0 Å². The van der Waals surface area contributed by atoms with Crippen LogP contribution in [0.3, 0.4) is 0 Å². The van der Waals surface area contributed by atoms with Gasteiger partial charge in [-0.1, -0.05) is 30.3 Å². The number of hydrogen-bond acceptors (Lipinski definition) is 5. The molecule has 0 fully saturated rings. The minimum Gasteiger partial charge on any atom is -0.344 e. The molecule has 2 aromatic heterocycles. The lowest BCUT2D eigenvalue weighted by molar-refractivity contribution is 0.0940. The average molecular weight is 315 g/mol. The molecule has 2 N–H and O–H groups in total. The van der Waals surface area contributed by atoms with Gasteiger partial charge in [0, 0.05) is 18.0 Å². The van der Waals surface area contributed by atoms with E-state index in [9.17, 15) is 9.59 Å². The van der Waals surface area contributed by atoms with Crippen LogP contribution >= 0.6 is 11.3 Å². The van der Waals surface area contributed by atoms with Crippen molar-refractivity contribution in [1.82, 2.24) is 25.1 Å². The number of nitrogens with one attached hydrogen (secondary N) is 2. The van der Waals surface area contributed by atoms with Gasteiger partial charge >= 0.3 is 5.69 Å². The molecule has 0 aliphatic heterocycles. The lowest BCUT2D eigenvalue weighted by Gasteiger charge is -1.99. The number of aryl methyl sites for hydroxylation is 1. The number of benzene rings is 1. The summed E-state index contributed by atoms with van der Waals surface area (Å²) in [6, 6.07) is 9.83. The van der Waals surface area contributed by atoms with Crippen LogP contribution in [-0.2, 0) is 13.6 Å². The Kier molecular flexibility index (Phi) is 3.84. The van der Waals surface area contributed by atoms with Gasteiger partial charge in [0.1, 0.15) is 5.01 Å². The first-order valence-electron chi connectivity index (χ1n) is 6.55. The van der Waals surface area contributed by atoms with Crippen molar-refractivity contribution in [3.05, 3.63) is 57.7 Å². The van der Waals surface area contributed by atoms with Crippen LogP contribution in [0.5, 0.6) is 0 Å². The molecule has 8 heteroatoms. The van der Waals surface area contributed by atoms with E-state index in [0.29, 0.717) is 0 Å². The molecule has 0 saturated heterocycles. The summed E-state index contributed by atoms with van der Waals surface area (Å²) in [4.78, 5) is 30.0. The molecule has 22 heavy (non-hydrogen) atoms. The van der Waals surface area contributed by atoms with Crippen LogP contribution in [0.15, 0.2) is 40.5 Å². The highest BCUT2D eigenvalue weighted by atomic mass is 32.1. The second-order valence-corrected chi connectivity index (χ2v) is 5.45. The van der Waals surface area contributed by atoms with Gasteiger partial charge in [-0.3, -0.25) is 9.78 Å². The molecule has 0 aliphatic rings. The van der Waals surface area contributed by atoms with Crippen molar-refractivity contribution >= 4 is 17.2 Å². The van der Waals surface area contributed by atoms with E-state index in [-0.39, 0.29) is 12.4 Å². The van der Waals surface area contributed by atoms with Gasteiger partial charge < -0.3 is 5.32 Å². The number of nitrogens with zero attached hydrogens (tertiary/aromatic N) is 3. The van der Waals surface area contributed by atoms with Gasteiger partial charge in [0.2, 0.25) is 5.82 Å². The number of carbonyl (C=O) groups is 1. The van der Waals surface area contributed by atoms with Crippen LogP contribution in [0.2, 0.25) is 0 Å². The molecule has 2 heterocycles. The Morgan fingerprint density at radius 1 is 1.36 bits per heavy atom. The number of rotatable bonds is 4. The minimum atomic E-state index is -0.438. The summed E-state index contributed by atoms with van der Waals surface area (Å²) in [6.45, 7) is 0.279. The summed E-state index contributed by atoms with van der Waals surface area (Å²) < 4.78 is 1.07. The van der Waals surface area contributed by atoms with Crippen LogP contribution in [0.4, 0.5) is 0 Å². The molecule has 0 aliphatic carbocycles. The van der Waals surface area contributed by atoms with Crippen LogP contribution in [-0.4, -0.2) is 25.7 Å². The summed E-state index contributed by atoms with van der Waals surface area (Å²) in [5, 5.41) is 9.27. The normalized spacial score (nSPS) is 10.6. The molecule has 1 amide bonds. The SMILES string of the molecule is Cn1nc(C(=O)NCc2csc(-c3ccccc3)n2)[nH]c1=O. The van der Waals surface area contributed by atoms with Gasteiger partial charge in [-0.25, -0.2) is 14.5 Å². The Labute approximate surface area is 129 Å². The molecule has 3 aromatic rings. The van der Waals surface area contributed by atoms with Crippen LogP contribution < -0.4 is 11.0 Å². The third kappa shape index (κ3) is 2.96. The van der Waals surface area contributed by atoms with Crippen molar-refractivity contribution in [3.8, 4) is 10.6 Å². The van der Waals surface area contributed by atoms with Crippen molar-refractivity contribution in [2.24, 2.45) is 7.05 Å². The maximum Gasteiger partial charge on any atom is 0.343 e. The van der Waals surface area contributed by atoms with E-state index < -0.39 is 11.6 Å². The molecule has 0 radical (unpaired) electrons. The largest absolute Gasteiger partial charge is 0.344 e. The van der Waals surface area contributed by atoms with Crippen molar-refractivity contribution in [2.75, 3.05) is 0 Å². The first-order valence-corrected chi connectivity index (χ1v) is 7.43. The lowest BCUT2D eigenvalue weighted by atomic mass is 10.2. The van der Waals surface area contributed by atoms with E-state index in [2.05, 4.69) is 20.4 Å². The molecule has 7 nitrogen and oxygen atoms in total. The van der Waals surface area contributed by atoms with E-state index in [4.69, 9.17) is 0 Å². The Morgan fingerprint density at radius 2 is 2.14 bits per heavy atom. The summed E-state index contributed by atoms with van der Waals surface area (Å²) in [5.41, 5.74) is 1.37. The molecule has 0 bridgehead atoms. The van der Waals surface area contributed by atoms with Gasteiger partial charge in [-0.15, -0.1) is 16.4 Å². The number of aromatic amines is 1. The molecular weight excluding hydrogens is 302 g/mol. The monoisotopic (exact) mass is 315 g/mol. The summed E-state index contributed by atoms with van der Waals surface area (Å²) in [6.07, 6.45) is 0. The highest BCUT2D eigenvalue weighted by Crippen LogP contribution is 2.23. The number of H-pyrrole nitrogens is 1. The average Bonchev–Trinajstić information content (AvgIpc) is 3.13. The standard InChI is InChI=1S/C14H13N5O2S/c1-19-14(21)17-11(18-19)12(20)15-7-10-8-22-13(16-10)9-5-3-2-4-6-9/h2-6,8H,7H2,1H3,(H,15,20)(H,17,18,21). The second kappa shape index (κ2) is 5.94. The minimum absolute atomic E-state index is 0.00832. The second-order valence-electron chi connectivity index (χ2n) is 4.60. The Balaban J connectivity index is 1.66. The maximum absolute atomic E-state index is 11.9.